The van der Waals surface area contributed by atoms with Crippen LogP contribution in [0.4, 0.5) is 0 Å². The third-order valence-electron chi connectivity index (χ3n) is 2.58. The molecule has 0 spiro atoms. The summed E-state index contributed by atoms with van der Waals surface area (Å²) in [6.45, 7) is 1.53. The van der Waals surface area contributed by atoms with Crippen molar-refractivity contribution in [3.05, 3.63) is 29.8 Å². The molecule has 0 aliphatic heterocycles. The predicted octanol–water partition coefficient (Wildman–Crippen LogP) is 1.43. The molecule has 1 rings (SSSR count). The first-order valence-electron chi connectivity index (χ1n) is 5.11. The Morgan fingerprint density at radius 1 is 1.44 bits per heavy atom. The molecule has 0 unspecified atom stereocenters. The average Bonchev–Trinajstić information content (AvgIpc) is 2.27. The number of nitrogens with two attached hydrogens (primary N) is 1. The molecule has 3 N–H and O–H groups in total. The molecular weight excluding hydrogens is 206 g/mol. The molecule has 4 heteroatoms. The molecule has 0 radical (unpaired) electrons. The highest BCUT2D eigenvalue weighted by molar-refractivity contribution is 5.77. The molecule has 88 valence electrons. The lowest BCUT2D eigenvalue weighted by Crippen LogP contribution is -2.45. The Labute approximate surface area is 95.0 Å². The molecule has 0 aromatic heterocycles. The molecule has 1 atom stereocenters. The maximum atomic E-state index is 10.8. The average molecular weight is 223 g/mol. The second-order valence-corrected chi connectivity index (χ2v) is 4.07. The molecule has 0 aliphatic rings. The molecule has 0 saturated heterocycles. The highest BCUT2D eigenvalue weighted by Crippen LogP contribution is 2.15. The fourth-order valence-electron chi connectivity index (χ4n) is 1.30. The lowest BCUT2D eigenvalue weighted by molar-refractivity contribution is -0.142. The van der Waals surface area contributed by atoms with Crippen LogP contribution in [-0.4, -0.2) is 23.7 Å². The number of carbonyl (C=O) groups is 1. The zero-order chi connectivity index (χ0) is 12.2. The minimum Gasteiger partial charge on any atom is -0.497 e. The van der Waals surface area contributed by atoms with Crippen LogP contribution in [0, 0.1) is 0 Å². The Hall–Kier alpha value is -1.55. The summed E-state index contributed by atoms with van der Waals surface area (Å²) in [5.74, 6) is -0.182. The fraction of sp³-hybridized carbons (Fsp3) is 0.417. The number of aryl methyl sites for hydroxylation is 1. The molecule has 0 saturated carbocycles. The Bertz CT molecular complexity index is 357. The van der Waals surface area contributed by atoms with Crippen LogP contribution in [0.25, 0.3) is 0 Å². The van der Waals surface area contributed by atoms with Crippen LogP contribution >= 0.6 is 0 Å². The third-order valence-corrected chi connectivity index (χ3v) is 2.58. The highest BCUT2D eigenvalue weighted by atomic mass is 16.5. The standard InChI is InChI=1S/C12H17NO3/c1-12(13,11(14)15)8-7-9-3-5-10(16-2)6-4-9/h3-6H,7-8,13H2,1-2H3,(H,14,15)/t12-/m0/s1. The molecule has 4 nitrogen and oxygen atoms in total. The maximum Gasteiger partial charge on any atom is 0.323 e. The molecule has 1 aromatic carbocycles. The van der Waals surface area contributed by atoms with Gasteiger partial charge in [0, 0.05) is 0 Å². The first kappa shape index (κ1) is 12.5. The van der Waals surface area contributed by atoms with E-state index in [4.69, 9.17) is 15.6 Å². The van der Waals surface area contributed by atoms with Crippen molar-refractivity contribution >= 4 is 5.97 Å². The van der Waals surface area contributed by atoms with Crippen LogP contribution in [0.2, 0.25) is 0 Å². The monoisotopic (exact) mass is 223 g/mol. The fourth-order valence-corrected chi connectivity index (χ4v) is 1.30. The van der Waals surface area contributed by atoms with Crippen LogP contribution in [0.5, 0.6) is 5.75 Å². The summed E-state index contributed by atoms with van der Waals surface area (Å²) in [5.41, 5.74) is 5.53. The minimum atomic E-state index is -1.17. The van der Waals surface area contributed by atoms with Gasteiger partial charge in [0.1, 0.15) is 11.3 Å². The number of rotatable bonds is 5. The molecule has 0 aliphatic carbocycles. The van der Waals surface area contributed by atoms with Crippen molar-refractivity contribution in [3.8, 4) is 5.75 Å². The van der Waals surface area contributed by atoms with E-state index in [1.807, 2.05) is 24.3 Å². The number of carboxylic acid groups (broad SMARTS) is 1. The largest absolute Gasteiger partial charge is 0.497 e. The van der Waals surface area contributed by atoms with E-state index in [1.54, 1.807) is 7.11 Å². The van der Waals surface area contributed by atoms with Gasteiger partial charge in [0.2, 0.25) is 0 Å². The van der Waals surface area contributed by atoms with Crippen LogP contribution in [0.15, 0.2) is 24.3 Å². The SMILES string of the molecule is COc1ccc(CC[C@](C)(N)C(=O)O)cc1. The molecule has 0 fully saturated rings. The van der Waals surface area contributed by atoms with Crippen molar-refractivity contribution in [3.63, 3.8) is 0 Å². The van der Waals surface area contributed by atoms with Gasteiger partial charge in [-0.2, -0.15) is 0 Å². The number of ether oxygens (including phenoxy) is 1. The molecule has 0 heterocycles. The van der Waals surface area contributed by atoms with Crippen molar-refractivity contribution in [2.45, 2.75) is 25.3 Å². The van der Waals surface area contributed by atoms with Gasteiger partial charge in [-0.25, -0.2) is 0 Å². The van der Waals surface area contributed by atoms with Gasteiger partial charge in [0.05, 0.1) is 7.11 Å². The Morgan fingerprint density at radius 2 is 2.00 bits per heavy atom. The first-order valence-corrected chi connectivity index (χ1v) is 5.11. The summed E-state index contributed by atoms with van der Waals surface area (Å²) in [6, 6.07) is 7.53. The number of aliphatic carboxylic acids is 1. The van der Waals surface area contributed by atoms with Crippen molar-refractivity contribution in [1.29, 1.82) is 0 Å². The van der Waals surface area contributed by atoms with E-state index < -0.39 is 11.5 Å². The van der Waals surface area contributed by atoms with Crippen LogP contribution in [0.1, 0.15) is 18.9 Å². The lowest BCUT2D eigenvalue weighted by atomic mass is 9.94. The van der Waals surface area contributed by atoms with Gasteiger partial charge in [-0.3, -0.25) is 4.79 Å². The van der Waals surface area contributed by atoms with E-state index in [0.29, 0.717) is 12.8 Å². The molecule has 0 amide bonds. The maximum absolute atomic E-state index is 10.8. The minimum absolute atomic E-state index is 0.411. The summed E-state index contributed by atoms with van der Waals surface area (Å²) < 4.78 is 5.03. The zero-order valence-corrected chi connectivity index (χ0v) is 9.56. The van der Waals surface area contributed by atoms with Crippen molar-refractivity contribution in [2.75, 3.05) is 7.11 Å². The van der Waals surface area contributed by atoms with Crippen molar-refractivity contribution in [2.24, 2.45) is 5.73 Å². The van der Waals surface area contributed by atoms with E-state index in [-0.39, 0.29) is 0 Å². The Kier molecular flexibility index (Phi) is 3.90. The number of benzene rings is 1. The van der Waals surface area contributed by atoms with E-state index in [1.165, 1.54) is 6.92 Å². The van der Waals surface area contributed by atoms with E-state index in [9.17, 15) is 4.79 Å². The Balaban J connectivity index is 2.58. The molecular formula is C12H17NO3. The zero-order valence-electron chi connectivity index (χ0n) is 9.56. The van der Waals surface area contributed by atoms with Crippen molar-refractivity contribution in [1.82, 2.24) is 0 Å². The van der Waals surface area contributed by atoms with Crippen LogP contribution < -0.4 is 10.5 Å². The summed E-state index contributed by atoms with van der Waals surface area (Å²) in [4.78, 5) is 10.8. The summed E-state index contributed by atoms with van der Waals surface area (Å²) in [6.07, 6.45) is 1.05. The lowest BCUT2D eigenvalue weighted by Gasteiger charge is -2.18. The van der Waals surface area contributed by atoms with Gasteiger partial charge in [0.25, 0.3) is 0 Å². The first-order chi connectivity index (χ1) is 7.45. The van der Waals surface area contributed by atoms with Gasteiger partial charge < -0.3 is 15.6 Å². The summed E-state index contributed by atoms with van der Waals surface area (Å²) in [7, 11) is 1.61. The summed E-state index contributed by atoms with van der Waals surface area (Å²) >= 11 is 0. The quantitative estimate of drug-likeness (QED) is 0.792. The highest BCUT2D eigenvalue weighted by Gasteiger charge is 2.27. The topological polar surface area (TPSA) is 72.5 Å². The van der Waals surface area contributed by atoms with Crippen LogP contribution in [0.3, 0.4) is 0 Å². The molecule has 16 heavy (non-hydrogen) atoms. The van der Waals surface area contributed by atoms with E-state index in [2.05, 4.69) is 0 Å². The third kappa shape index (κ3) is 3.24. The number of methoxy groups -OCH3 is 1. The Morgan fingerprint density at radius 3 is 2.44 bits per heavy atom. The van der Waals surface area contributed by atoms with E-state index in [0.717, 1.165) is 11.3 Å². The second-order valence-electron chi connectivity index (χ2n) is 4.07. The van der Waals surface area contributed by atoms with Gasteiger partial charge in [-0.05, 0) is 37.5 Å². The number of hydrogen-bond donors (Lipinski definition) is 2. The normalized spacial score (nSPS) is 14.2. The van der Waals surface area contributed by atoms with Gasteiger partial charge in [-0.15, -0.1) is 0 Å². The van der Waals surface area contributed by atoms with Gasteiger partial charge in [0.15, 0.2) is 0 Å². The second kappa shape index (κ2) is 4.99. The van der Waals surface area contributed by atoms with E-state index >= 15 is 0 Å². The molecule has 1 aromatic rings. The van der Waals surface area contributed by atoms with Crippen molar-refractivity contribution < 1.29 is 14.6 Å². The van der Waals surface area contributed by atoms with Gasteiger partial charge in [-0.1, -0.05) is 12.1 Å². The summed E-state index contributed by atoms with van der Waals surface area (Å²) in [5, 5.41) is 8.86. The number of carboxylic acids is 1. The van der Waals surface area contributed by atoms with Crippen LogP contribution in [-0.2, 0) is 11.2 Å². The number of hydrogen-bond acceptors (Lipinski definition) is 3. The predicted molar refractivity (Wildman–Crippen MR) is 61.5 cm³/mol. The molecule has 0 bridgehead atoms. The smallest absolute Gasteiger partial charge is 0.323 e. The van der Waals surface area contributed by atoms with Gasteiger partial charge >= 0.3 is 5.97 Å².